The lowest BCUT2D eigenvalue weighted by atomic mass is 10.0. The summed E-state index contributed by atoms with van der Waals surface area (Å²) in [5.41, 5.74) is 1.39. The molecule has 1 unspecified atom stereocenters. The summed E-state index contributed by atoms with van der Waals surface area (Å²) < 4.78 is 1.15. The van der Waals surface area contributed by atoms with Crippen LogP contribution in [-0.2, 0) is 6.54 Å². The van der Waals surface area contributed by atoms with Crippen molar-refractivity contribution in [1.82, 2.24) is 20.4 Å². The molecule has 2 N–H and O–H groups in total. The molecule has 0 spiro atoms. The van der Waals surface area contributed by atoms with Crippen molar-refractivity contribution >= 4 is 45.9 Å². The van der Waals surface area contributed by atoms with Crippen molar-refractivity contribution in [2.45, 2.75) is 51.2 Å². The number of hydrogen-bond acceptors (Lipinski definition) is 3. The molecule has 1 atom stereocenters. The second-order valence-electron chi connectivity index (χ2n) is 7.70. The first kappa shape index (κ1) is 23.9. The maximum absolute atomic E-state index is 4.45. The fourth-order valence-corrected chi connectivity index (χ4v) is 4.49. The number of rotatable bonds is 6. The zero-order chi connectivity index (χ0) is 19.1. The number of piperidine rings is 1. The first-order chi connectivity index (χ1) is 13.2. The Bertz CT molecular complexity index is 601. The Morgan fingerprint density at radius 3 is 2.50 bits per heavy atom. The lowest BCUT2D eigenvalue weighted by Crippen LogP contribution is -2.50. The van der Waals surface area contributed by atoms with E-state index in [1.165, 1.54) is 37.8 Å². The smallest absolute Gasteiger partial charge is 0.191 e. The molecule has 2 heterocycles. The van der Waals surface area contributed by atoms with Crippen LogP contribution in [0.4, 0.5) is 0 Å². The molecule has 2 fully saturated rings. The first-order valence-electron chi connectivity index (χ1n) is 10.4. The van der Waals surface area contributed by atoms with Gasteiger partial charge in [0.2, 0.25) is 0 Å². The SMILES string of the molecule is CCN1CCCC1CNC(=NC)NC1CCN(Cc2ccc(Br)cc2)CC1.I. The number of likely N-dealkylation sites (tertiary alicyclic amines) is 2. The van der Waals surface area contributed by atoms with E-state index in [0.29, 0.717) is 12.1 Å². The van der Waals surface area contributed by atoms with Crippen molar-refractivity contribution < 1.29 is 0 Å². The summed E-state index contributed by atoms with van der Waals surface area (Å²) in [5.74, 6) is 0.962. The molecule has 28 heavy (non-hydrogen) atoms. The Labute approximate surface area is 195 Å². The van der Waals surface area contributed by atoms with E-state index >= 15 is 0 Å². The van der Waals surface area contributed by atoms with Crippen LogP contribution in [0.15, 0.2) is 33.7 Å². The molecule has 2 aliphatic rings. The highest BCUT2D eigenvalue weighted by Gasteiger charge is 2.24. The van der Waals surface area contributed by atoms with Gasteiger partial charge in [-0.3, -0.25) is 14.8 Å². The summed E-state index contributed by atoms with van der Waals surface area (Å²) in [6, 6.07) is 9.85. The van der Waals surface area contributed by atoms with E-state index in [9.17, 15) is 0 Å². The van der Waals surface area contributed by atoms with Crippen molar-refractivity contribution in [2.24, 2.45) is 4.99 Å². The number of likely N-dealkylation sites (N-methyl/N-ethyl adjacent to an activating group) is 1. The molecule has 0 radical (unpaired) electrons. The number of nitrogens with one attached hydrogen (secondary N) is 2. The zero-order valence-electron chi connectivity index (χ0n) is 17.2. The topological polar surface area (TPSA) is 42.9 Å². The molecule has 0 saturated carbocycles. The van der Waals surface area contributed by atoms with Crippen LogP contribution in [0, 0.1) is 0 Å². The minimum absolute atomic E-state index is 0. The van der Waals surface area contributed by atoms with E-state index in [-0.39, 0.29) is 24.0 Å². The average Bonchev–Trinajstić information content (AvgIpc) is 3.16. The van der Waals surface area contributed by atoms with E-state index < -0.39 is 0 Å². The third-order valence-corrected chi connectivity index (χ3v) is 6.41. The van der Waals surface area contributed by atoms with Gasteiger partial charge in [0.1, 0.15) is 0 Å². The van der Waals surface area contributed by atoms with E-state index in [0.717, 1.165) is 43.2 Å². The lowest BCUT2D eigenvalue weighted by molar-refractivity contribution is 0.198. The number of guanidine groups is 1. The predicted molar refractivity (Wildman–Crippen MR) is 133 cm³/mol. The molecule has 5 nitrogen and oxygen atoms in total. The Kier molecular flexibility index (Phi) is 10.5. The summed E-state index contributed by atoms with van der Waals surface area (Å²) in [6.07, 6.45) is 4.96. The number of hydrogen-bond donors (Lipinski definition) is 2. The fraction of sp³-hybridized carbons (Fsp3) is 0.667. The van der Waals surface area contributed by atoms with Crippen LogP contribution in [-0.4, -0.2) is 67.6 Å². The van der Waals surface area contributed by atoms with Gasteiger partial charge >= 0.3 is 0 Å². The standard InChI is InChI=1S/C21H34BrN5.HI/c1-3-27-12-4-5-20(27)15-24-21(23-2)25-19-10-13-26(14-11-19)16-17-6-8-18(22)9-7-17;/h6-9,19-20H,3-5,10-16H2,1-2H3,(H2,23,24,25);1H. The predicted octanol–water partition coefficient (Wildman–Crippen LogP) is 3.68. The van der Waals surface area contributed by atoms with Crippen LogP contribution in [0.3, 0.4) is 0 Å². The van der Waals surface area contributed by atoms with Gasteiger partial charge < -0.3 is 10.6 Å². The van der Waals surface area contributed by atoms with Crippen molar-refractivity contribution in [1.29, 1.82) is 0 Å². The lowest BCUT2D eigenvalue weighted by Gasteiger charge is -2.33. The summed E-state index contributed by atoms with van der Waals surface area (Å²) >= 11 is 3.51. The molecule has 0 aromatic heterocycles. The molecule has 158 valence electrons. The molecule has 0 bridgehead atoms. The van der Waals surface area contributed by atoms with Crippen LogP contribution in [0.2, 0.25) is 0 Å². The molecule has 2 aliphatic heterocycles. The van der Waals surface area contributed by atoms with Gasteiger partial charge in [0.25, 0.3) is 0 Å². The van der Waals surface area contributed by atoms with Crippen molar-refractivity contribution in [3.63, 3.8) is 0 Å². The Hall–Kier alpha value is -0.380. The summed E-state index contributed by atoms with van der Waals surface area (Å²) in [5, 5.41) is 7.20. The van der Waals surface area contributed by atoms with Crippen LogP contribution >= 0.6 is 39.9 Å². The number of benzene rings is 1. The Morgan fingerprint density at radius 1 is 1.14 bits per heavy atom. The monoisotopic (exact) mass is 563 g/mol. The molecule has 3 rings (SSSR count). The van der Waals surface area contributed by atoms with E-state index in [1.807, 2.05) is 7.05 Å². The molecule has 7 heteroatoms. The van der Waals surface area contributed by atoms with Gasteiger partial charge in [-0.05, 0) is 56.5 Å². The van der Waals surface area contributed by atoms with Crippen LogP contribution in [0.25, 0.3) is 0 Å². The first-order valence-corrected chi connectivity index (χ1v) is 11.1. The molecule has 1 aromatic rings. The Balaban J connectivity index is 0.00000280. The van der Waals surface area contributed by atoms with Crippen LogP contribution in [0.1, 0.15) is 38.2 Å². The van der Waals surface area contributed by atoms with Crippen molar-refractivity contribution in [3.05, 3.63) is 34.3 Å². The van der Waals surface area contributed by atoms with Crippen LogP contribution < -0.4 is 10.6 Å². The minimum atomic E-state index is 0. The maximum Gasteiger partial charge on any atom is 0.191 e. The highest BCUT2D eigenvalue weighted by atomic mass is 127. The normalized spacial score (nSPS) is 22.1. The second-order valence-corrected chi connectivity index (χ2v) is 8.61. The summed E-state index contributed by atoms with van der Waals surface area (Å²) in [6.45, 7) is 8.96. The van der Waals surface area contributed by atoms with Gasteiger partial charge in [-0.2, -0.15) is 0 Å². The van der Waals surface area contributed by atoms with Crippen LogP contribution in [0.5, 0.6) is 0 Å². The van der Waals surface area contributed by atoms with Gasteiger partial charge in [-0.15, -0.1) is 24.0 Å². The van der Waals surface area contributed by atoms with Gasteiger partial charge in [0.15, 0.2) is 5.96 Å². The third-order valence-electron chi connectivity index (χ3n) is 5.88. The third kappa shape index (κ3) is 7.15. The van der Waals surface area contributed by atoms with Crippen molar-refractivity contribution in [2.75, 3.05) is 39.8 Å². The van der Waals surface area contributed by atoms with Gasteiger partial charge in [-0.25, -0.2) is 0 Å². The zero-order valence-corrected chi connectivity index (χ0v) is 21.1. The highest BCUT2D eigenvalue weighted by molar-refractivity contribution is 14.0. The van der Waals surface area contributed by atoms with Gasteiger partial charge in [0, 0.05) is 49.8 Å². The molecular formula is C21H35BrIN5. The number of nitrogens with zero attached hydrogens (tertiary/aromatic N) is 3. The number of halogens is 2. The maximum atomic E-state index is 4.45. The highest BCUT2D eigenvalue weighted by Crippen LogP contribution is 2.17. The quantitative estimate of drug-likeness (QED) is 0.315. The van der Waals surface area contributed by atoms with Gasteiger partial charge in [0.05, 0.1) is 0 Å². The molecule has 2 saturated heterocycles. The largest absolute Gasteiger partial charge is 0.355 e. The Morgan fingerprint density at radius 2 is 1.86 bits per heavy atom. The van der Waals surface area contributed by atoms with E-state index in [1.54, 1.807) is 0 Å². The summed E-state index contributed by atoms with van der Waals surface area (Å²) in [7, 11) is 1.88. The van der Waals surface area contributed by atoms with E-state index in [2.05, 4.69) is 72.5 Å². The minimum Gasteiger partial charge on any atom is -0.355 e. The van der Waals surface area contributed by atoms with E-state index in [4.69, 9.17) is 0 Å². The second kappa shape index (κ2) is 12.3. The fourth-order valence-electron chi connectivity index (χ4n) is 4.23. The number of aliphatic imine (C=N–C) groups is 1. The summed E-state index contributed by atoms with van der Waals surface area (Å²) in [4.78, 5) is 9.57. The molecular weight excluding hydrogens is 529 g/mol. The average molecular weight is 564 g/mol. The molecule has 1 aromatic carbocycles. The van der Waals surface area contributed by atoms with Gasteiger partial charge in [-0.1, -0.05) is 35.0 Å². The molecule has 0 aliphatic carbocycles. The van der Waals surface area contributed by atoms with Crippen molar-refractivity contribution in [3.8, 4) is 0 Å². The molecule has 0 amide bonds.